The van der Waals surface area contributed by atoms with Crippen LogP contribution in [0.1, 0.15) is 26.7 Å². The molecule has 11 heteroatoms. The lowest BCUT2D eigenvalue weighted by molar-refractivity contribution is 0.0687. The number of piperidine rings is 1. The summed E-state index contributed by atoms with van der Waals surface area (Å²) >= 11 is 6.54. The number of likely N-dealkylation sites (tertiary alicyclic amines) is 1. The molecule has 4 heterocycles. The van der Waals surface area contributed by atoms with Crippen molar-refractivity contribution in [1.29, 1.82) is 0 Å². The summed E-state index contributed by atoms with van der Waals surface area (Å²) in [6.45, 7) is 6.25. The van der Waals surface area contributed by atoms with Crippen molar-refractivity contribution in [3.8, 4) is 17.1 Å². The zero-order valence-electron chi connectivity index (χ0n) is 19.6. The van der Waals surface area contributed by atoms with E-state index in [9.17, 15) is 4.79 Å². The summed E-state index contributed by atoms with van der Waals surface area (Å²) in [4.78, 5) is 29.2. The first kappa shape index (κ1) is 23.2. The van der Waals surface area contributed by atoms with Gasteiger partial charge in [-0.2, -0.15) is 0 Å². The Morgan fingerprint density at radius 1 is 1.23 bits per heavy atom. The third kappa shape index (κ3) is 4.97. The second kappa shape index (κ2) is 9.99. The SMILES string of the molecule is CC(C)OC(=O)N1CCC(N2CCOc3c(Nc4ccc(-c5cnco5)cc4Cl)ncnc32)CC1. The molecule has 1 aromatic carbocycles. The van der Waals surface area contributed by atoms with E-state index in [4.69, 9.17) is 25.5 Å². The van der Waals surface area contributed by atoms with Gasteiger partial charge in [-0.25, -0.2) is 19.7 Å². The molecule has 2 aromatic heterocycles. The van der Waals surface area contributed by atoms with Crippen LogP contribution in [-0.4, -0.2) is 64.3 Å². The van der Waals surface area contributed by atoms with Gasteiger partial charge in [0.1, 0.15) is 12.9 Å². The molecule has 3 aromatic rings. The molecule has 184 valence electrons. The van der Waals surface area contributed by atoms with E-state index in [-0.39, 0.29) is 18.2 Å². The fourth-order valence-electron chi connectivity index (χ4n) is 4.39. The Hall–Kier alpha value is -3.53. The lowest BCUT2D eigenvalue weighted by Crippen LogP contribution is -2.49. The number of nitrogens with zero attached hydrogens (tertiary/aromatic N) is 5. The lowest BCUT2D eigenvalue weighted by atomic mass is 10.0. The number of halogens is 1. The van der Waals surface area contributed by atoms with Gasteiger partial charge in [-0.15, -0.1) is 0 Å². The Morgan fingerprint density at radius 3 is 2.77 bits per heavy atom. The quantitative estimate of drug-likeness (QED) is 0.533. The number of ether oxygens (including phenoxy) is 2. The van der Waals surface area contributed by atoms with Gasteiger partial charge >= 0.3 is 6.09 Å². The standard InChI is InChI=1S/C24H27ClN6O4/c1-15(2)35-24(32)30-7-5-17(6-8-30)31-9-10-33-21-22(27-13-28-23(21)31)29-19-4-3-16(11-18(19)25)20-12-26-14-34-20/h3-4,11-15,17H,5-10H2,1-2H3,(H,27,28,29). The van der Waals surface area contributed by atoms with Crippen LogP contribution >= 0.6 is 11.6 Å². The third-order valence-electron chi connectivity index (χ3n) is 6.07. The van der Waals surface area contributed by atoms with Crippen molar-refractivity contribution in [3.63, 3.8) is 0 Å². The number of hydrogen-bond donors (Lipinski definition) is 1. The van der Waals surface area contributed by atoms with Crippen LogP contribution in [0.3, 0.4) is 0 Å². The highest BCUT2D eigenvalue weighted by Crippen LogP contribution is 2.40. The smallest absolute Gasteiger partial charge is 0.410 e. The highest BCUT2D eigenvalue weighted by atomic mass is 35.5. The minimum Gasteiger partial charge on any atom is -0.485 e. The summed E-state index contributed by atoms with van der Waals surface area (Å²) in [6, 6.07) is 5.81. The predicted molar refractivity (Wildman–Crippen MR) is 131 cm³/mol. The van der Waals surface area contributed by atoms with Crippen LogP contribution in [0.25, 0.3) is 11.3 Å². The number of anilines is 3. The maximum Gasteiger partial charge on any atom is 0.410 e. The molecular formula is C24H27ClN6O4. The minimum atomic E-state index is -0.249. The zero-order valence-corrected chi connectivity index (χ0v) is 20.4. The molecule has 1 amide bonds. The maximum absolute atomic E-state index is 12.2. The molecule has 0 spiro atoms. The molecule has 2 aliphatic rings. The van der Waals surface area contributed by atoms with Crippen molar-refractivity contribution in [2.24, 2.45) is 0 Å². The first-order valence-electron chi connectivity index (χ1n) is 11.6. The van der Waals surface area contributed by atoms with Gasteiger partial charge in [0.05, 0.1) is 29.6 Å². The van der Waals surface area contributed by atoms with E-state index in [1.54, 1.807) is 11.1 Å². The first-order valence-corrected chi connectivity index (χ1v) is 12.0. The van der Waals surface area contributed by atoms with Crippen molar-refractivity contribution in [1.82, 2.24) is 19.9 Å². The van der Waals surface area contributed by atoms with E-state index in [0.29, 0.717) is 47.7 Å². The largest absolute Gasteiger partial charge is 0.485 e. The minimum absolute atomic E-state index is 0.124. The van der Waals surface area contributed by atoms with Crippen LogP contribution in [0.5, 0.6) is 5.75 Å². The molecule has 2 aliphatic heterocycles. The van der Waals surface area contributed by atoms with Gasteiger partial charge in [-0.3, -0.25) is 0 Å². The maximum atomic E-state index is 12.2. The number of hydrogen-bond acceptors (Lipinski definition) is 9. The van der Waals surface area contributed by atoms with Crippen LogP contribution in [0.15, 0.2) is 41.5 Å². The van der Waals surface area contributed by atoms with Gasteiger partial charge in [0.25, 0.3) is 0 Å². The Labute approximate surface area is 208 Å². The average molecular weight is 499 g/mol. The Morgan fingerprint density at radius 2 is 2.06 bits per heavy atom. The van der Waals surface area contributed by atoms with Crippen molar-refractivity contribution in [3.05, 3.63) is 42.1 Å². The molecule has 5 rings (SSSR count). The van der Waals surface area contributed by atoms with E-state index in [0.717, 1.165) is 30.8 Å². The fourth-order valence-corrected chi connectivity index (χ4v) is 4.62. The van der Waals surface area contributed by atoms with Crippen molar-refractivity contribution >= 4 is 35.0 Å². The first-order chi connectivity index (χ1) is 17.0. The monoisotopic (exact) mass is 498 g/mol. The molecule has 35 heavy (non-hydrogen) atoms. The number of benzene rings is 1. The van der Waals surface area contributed by atoms with E-state index < -0.39 is 0 Å². The molecule has 1 N–H and O–H groups in total. The molecule has 0 radical (unpaired) electrons. The topological polar surface area (TPSA) is 106 Å². The van der Waals surface area contributed by atoms with Gasteiger partial charge in [-0.05, 0) is 44.9 Å². The number of fused-ring (bicyclic) bond motifs is 1. The van der Waals surface area contributed by atoms with Gasteiger partial charge in [0, 0.05) is 24.7 Å². The van der Waals surface area contributed by atoms with Crippen LogP contribution < -0.4 is 15.0 Å². The van der Waals surface area contributed by atoms with Crippen molar-refractivity contribution in [2.75, 3.05) is 36.5 Å². The van der Waals surface area contributed by atoms with Crippen LogP contribution in [0.4, 0.5) is 22.1 Å². The van der Waals surface area contributed by atoms with Gasteiger partial charge < -0.3 is 29.0 Å². The lowest BCUT2D eigenvalue weighted by Gasteiger charge is -2.41. The number of rotatable bonds is 5. The predicted octanol–water partition coefficient (Wildman–Crippen LogP) is 4.74. The van der Waals surface area contributed by atoms with Gasteiger partial charge in [0.2, 0.25) is 5.75 Å². The Balaban J connectivity index is 1.31. The van der Waals surface area contributed by atoms with Crippen LogP contribution in [0, 0.1) is 0 Å². The Kier molecular flexibility index (Phi) is 6.63. The molecule has 1 fully saturated rings. The zero-order chi connectivity index (χ0) is 24.4. The molecule has 0 aliphatic carbocycles. The summed E-state index contributed by atoms with van der Waals surface area (Å²) in [5, 5.41) is 3.80. The average Bonchev–Trinajstić information content (AvgIpc) is 3.40. The summed E-state index contributed by atoms with van der Waals surface area (Å²) in [7, 11) is 0. The normalized spacial score (nSPS) is 16.1. The molecule has 0 saturated carbocycles. The number of nitrogens with one attached hydrogen (secondary N) is 1. The van der Waals surface area contributed by atoms with E-state index in [2.05, 4.69) is 25.2 Å². The molecule has 0 atom stereocenters. The van der Waals surface area contributed by atoms with E-state index in [1.807, 2.05) is 32.0 Å². The number of carbonyl (C=O) groups excluding carboxylic acids is 1. The summed E-state index contributed by atoms with van der Waals surface area (Å²) < 4.78 is 16.7. The summed E-state index contributed by atoms with van der Waals surface area (Å²) in [5.41, 5.74) is 1.52. The number of aromatic nitrogens is 3. The highest BCUT2D eigenvalue weighted by molar-refractivity contribution is 6.33. The van der Waals surface area contributed by atoms with Crippen LogP contribution in [-0.2, 0) is 4.74 Å². The fraction of sp³-hybridized carbons (Fsp3) is 0.417. The molecule has 0 bridgehead atoms. The molecule has 0 unspecified atom stereocenters. The summed E-state index contributed by atoms with van der Waals surface area (Å²) in [6.07, 6.45) is 5.82. The molecule has 10 nitrogen and oxygen atoms in total. The highest BCUT2D eigenvalue weighted by Gasteiger charge is 2.33. The Bertz CT molecular complexity index is 1180. The van der Waals surface area contributed by atoms with Crippen molar-refractivity contribution < 1.29 is 18.7 Å². The summed E-state index contributed by atoms with van der Waals surface area (Å²) in [5.74, 6) is 2.52. The van der Waals surface area contributed by atoms with E-state index in [1.165, 1.54) is 12.7 Å². The molecular weight excluding hydrogens is 472 g/mol. The van der Waals surface area contributed by atoms with Crippen LogP contribution in [0.2, 0.25) is 5.02 Å². The van der Waals surface area contributed by atoms with Gasteiger partial charge in [0.15, 0.2) is 23.8 Å². The second-order valence-corrected chi connectivity index (χ2v) is 9.16. The number of oxazole rings is 1. The van der Waals surface area contributed by atoms with Gasteiger partial charge in [-0.1, -0.05) is 11.6 Å². The molecule has 1 saturated heterocycles. The third-order valence-corrected chi connectivity index (χ3v) is 6.39. The van der Waals surface area contributed by atoms with E-state index >= 15 is 0 Å². The second-order valence-electron chi connectivity index (χ2n) is 8.75. The van der Waals surface area contributed by atoms with Crippen molar-refractivity contribution in [2.45, 2.75) is 38.8 Å². The number of amides is 1. The number of carbonyl (C=O) groups is 1.